The largest absolute Gasteiger partial charge is 0.390 e. The Morgan fingerprint density at radius 2 is 1.77 bits per heavy atom. The fraction of sp³-hybridized carbons (Fsp3) is 0.208. The Kier molecular flexibility index (Phi) is 5.31. The van der Waals surface area contributed by atoms with Crippen LogP contribution in [0.25, 0.3) is 16.9 Å². The zero-order valence-electron chi connectivity index (χ0n) is 17.6. The zero-order valence-corrected chi connectivity index (χ0v) is 17.6. The average Bonchev–Trinajstić information content (AvgIpc) is 3.13. The second kappa shape index (κ2) is 7.94. The maximum atomic E-state index is 12.8. The number of carbonyl (C=O) groups excluding carboxylic acids is 1. The van der Waals surface area contributed by atoms with E-state index in [0.29, 0.717) is 22.6 Å². The lowest BCUT2D eigenvalue weighted by Gasteiger charge is -2.27. The van der Waals surface area contributed by atoms with Crippen LogP contribution >= 0.6 is 0 Å². The van der Waals surface area contributed by atoms with Crippen LogP contribution in [-0.4, -0.2) is 36.8 Å². The molecule has 2 heterocycles. The van der Waals surface area contributed by atoms with Crippen molar-refractivity contribution in [3.63, 3.8) is 0 Å². The van der Waals surface area contributed by atoms with Gasteiger partial charge in [-0.25, -0.2) is 9.50 Å². The lowest BCUT2D eigenvalue weighted by atomic mass is 9.90. The number of benzene rings is 2. The number of aliphatic hydroxyl groups is 2. The molecule has 0 aliphatic carbocycles. The third-order valence-corrected chi connectivity index (χ3v) is 5.41. The van der Waals surface area contributed by atoms with Crippen LogP contribution in [0.1, 0.15) is 35.5 Å². The van der Waals surface area contributed by atoms with Gasteiger partial charge < -0.3 is 15.5 Å². The van der Waals surface area contributed by atoms with Crippen molar-refractivity contribution in [1.29, 1.82) is 0 Å². The van der Waals surface area contributed by atoms with Crippen molar-refractivity contribution < 1.29 is 15.0 Å². The van der Waals surface area contributed by atoms with E-state index in [0.717, 1.165) is 17.0 Å². The van der Waals surface area contributed by atoms with E-state index in [-0.39, 0.29) is 5.91 Å². The molecule has 3 N–H and O–H groups in total. The molecule has 0 saturated heterocycles. The number of carbonyl (C=O) groups is 1. The Morgan fingerprint density at radius 3 is 2.42 bits per heavy atom. The minimum Gasteiger partial charge on any atom is -0.390 e. The highest BCUT2D eigenvalue weighted by molar-refractivity contribution is 6.04. The van der Waals surface area contributed by atoms with Gasteiger partial charge in [-0.1, -0.05) is 42.5 Å². The molecule has 0 fully saturated rings. The summed E-state index contributed by atoms with van der Waals surface area (Å²) >= 11 is 0. The molecule has 0 spiro atoms. The maximum absolute atomic E-state index is 12.8. The Hall–Kier alpha value is -3.55. The van der Waals surface area contributed by atoms with Crippen LogP contribution in [0.4, 0.5) is 5.82 Å². The van der Waals surface area contributed by atoms with Crippen LogP contribution < -0.4 is 5.32 Å². The summed E-state index contributed by atoms with van der Waals surface area (Å²) in [6, 6.07) is 19.9. The summed E-state index contributed by atoms with van der Waals surface area (Å²) in [6.45, 7) is 4.95. The maximum Gasteiger partial charge on any atom is 0.256 e. The number of hydrogen-bond acceptors (Lipinski definition) is 5. The van der Waals surface area contributed by atoms with Crippen molar-refractivity contribution >= 4 is 17.4 Å². The SMILES string of the molecule is Cc1cc2nc(NC(=O)c3ccc(C(C)(O)C(C)O)cc3)cc(-c3ccccc3)n2n1. The van der Waals surface area contributed by atoms with Gasteiger partial charge in [-0.2, -0.15) is 5.10 Å². The van der Waals surface area contributed by atoms with Crippen LogP contribution in [0.15, 0.2) is 66.7 Å². The lowest BCUT2D eigenvalue weighted by molar-refractivity contribution is -0.0569. The zero-order chi connectivity index (χ0) is 22.2. The van der Waals surface area contributed by atoms with Gasteiger partial charge in [-0.3, -0.25) is 4.79 Å². The van der Waals surface area contributed by atoms with Crippen molar-refractivity contribution in [2.45, 2.75) is 32.5 Å². The van der Waals surface area contributed by atoms with Gasteiger partial charge in [0.25, 0.3) is 5.91 Å². The molecule has 7 heteroatoms. The highest BCUT2D eigenvalue weighted by Crippen LogP contribution is 2.26. The van der Waals surface area contributed by atoms with Crippen molar-refractivity contribution in [2.75, 3.05) is 5.32 Å². The van der Waals surface area contributed by atoms with Gasteiger partial charge in [0.2, 0.25) is 0 Å². The van der Waals surface area contributed by atoms with E-state index >= 15 is 0 Å². The molecule has 31 heavy (non-hydrogen) atoms. The molecule has 2 aromatic carbocycles. The predicted molar refractivity (Wildman–Crippen MR) is 119 cm³/mol. The first-order chi connectivity index (χ1) is 14.8. The van der Waals surface area contributed by atoms with Crippen LogP contribution in [0.2, 0.25) is 0 Å². The number of anilines is 1. The van der Waals surface area contributed by atoms with Crippen LogP contribution in [-0.2, 0) is 5.60 Å². The minimum absolute atomic E-state index is 0.324. The molecule has 2 aromatic heterocycles. The van der Waals surface area contributed by atoms with Gasteiger partial charge in [0.1, 0.15) is 11.4 Å². The number of hydrogen-bond donors (Lipinski definition) is 3. The number of amides is 1. The molecule has 0 radical (unpaired) electrons. The average molecular weight is 416 g/mol. The lowest BCUT2D eigenvalue weighted by Crippen LogP contribution is -2.34. The Balaban J connectivity index is 1.65. The summed E-state index contributed by atoms with van der Waals surface area (Å²) in [7, 11) is 0. The molecule has 2 unspecified atom stereocenters. The predicted octanol–water partition coefficient (Wildman–Crippen LogP) is 3.55. The third kappa shape index (κ3) is 4.05. The van der Waals surface area contributed by atoms with E-state index in [1.165, 1.54) is 13.8 Å². The Bertz CT molecular complexity index is 1230. The van der Waals surface area contributed by atoms with E-state index in [2.05, 4.69) is 15.4 Å². The van der Waals surface area contributed by atoms with Gasteiger partial charge in [0, 0.05) is 23.3 Å². The number of nitrogens with zero attached hydrogens (tertiary/aromatic N) is 3. The highest BCUT2D eigenvalue weighted by Gasteiger charge is 2.29. The van der Waals surface area contributed by atoms with Gasteiger partial charge in [-0.15, -0.1) is 0 Å². The molecule has 158 valence electrons. The fourth-order valence-corrected chi connectivity index (χ4v) is 3.36. The molecule has 4 aromatic rings. The second-order valence-electron chi connectivity index (χ2n) is 7.80. The summed E-state index contributed by atoms with van der Waals surface area (Å²) < 4.78 is 1.76. The summed E-state index contributed by atoms with van der Waals surface area (Å²) in [4.78, 5) is 17.3. The number of aromatic nitrogens is 3. The van der Waals surface area contributed by atoms with Crippen LogP contribution in [0.5, 0.6) is 0 Å². The van der Waals surface area contributed by atoms with E-state index in [4.69, 9.17) is 0 Å². The third-order valence-electron chi connectivity index (χ3n) is 5.41. The van der Waals surface area contributed by atoms with Crippen LogP contribution in [0, 0.1) is 6.92 Å². The summed E-state index contributed by atoms with van der Waals surface area (Å²) in [5, 5.41) is 27.5. The van der Waals surface area contributed by atoms with Gasteiger partial charge >= 0.3 is 0 Å². The summed E-state index contributed by atoms with van der Waals surface area (Å²) in [6.07, 6.45) is -0.946. The Labute approximate surface area is 180 Å². The topological polar surface area (TPSA) is 99.8 Å². The first-order valence-corrected chi connectivity index (χ1v) is 10.0. The molecule has 4 rings (SSSR count). The fourth-order valence-electron chi connectivity index (χ4n) is 3.36. The van der Waals surface area contributed by atoms with Crippen LogP contribution in [0.3, 0.4) is 0 Å². The Morgan fingerprint density at radius 1 is 1.10 bits per heavy atom. The monoisotopic (exact) mass is 416 g/mol. The standard InChI is InChI=1S/C24H24N4O3/c1-15-13-22-25-21(14-20(28(22)27-15)17-7-5-4-6-8-17)26-23(30)18-9-11-19(12-10-18)24(3,31)16(2)29/h4-14,16,29,31H,1-3H3,(H,25,26,30). The van der Waals surface area contributed by atoms with Crippen molar-refractivity contribution in [2.24, 2.45) is 0 Å². The highest BCUT2D eigenvalue weighted by atomic mass is 16.3. The van der Waals surface area contributed by atoms with Gasteiger partial charge in [0.05, 0.1) is 17.5 Å². The van der Waals surface area contributed by atoms with Crippen molar-refractivity contribution in [3.05, 3.63) is 83.6 Å². The molecule has 1 amide bonds. The van der Waals surface area contributed by atoms with Crippen molar-refractivity contribution in [1.82, 2.24) is 14.6 Å². The first kappa shape index (κ1) is 20.7. The smallest absolute Gasteiger partial charge is 0.256 e. The number of fused-ring (bicyclic) bond motifs is 1. The number of rotatable bonds is 5. The molecule has 0 aliphatic rings. The quantitative estimate of drug-likeness (QED) is 0.462. The molecule has 7 nitrogen and oxygen atoms in total. The molecule has 0 saturated carbocycles. The number of nitrogens with one attached hydrogen (secondary N) is 1. The van der Waals surface area contributed by atoms with E-state index in [1.807, 2.05) is 43.3 Å². The molecule has 0 aliphatic heterocycles. The van der Waals surface area contributed by atoms with E-state index < -0.39 is 11.7 Å². The minimum atomic E-state index is -1.40. The van der Waals surface area contributed by atoms with E-state index in [9.17, 15) is 15.0 Å². The molecule has 0 bridgehead atoms. The van der Waals surface area contributed by atoms with Crippen molar-refractivity contribution in [3.8, 4) is 11.3 Å². The first-order valence-electron chi connectivity index (χ1n) is 10.0. The molecule has 2 atom stereocenters. The summed E-state index contributed by atoms with van der Waals surface area (Å²) in [5.74, 6) is 0.0895. The second-order valence-corrected chi connectivity index (χ2v) is 7.80. The number of aliphatic hydroxyl groups excluding tert-OH is 1. The molecular formula is C24H24N4O3. The summed E-state index contributed by atoms with van der Waals surface area (Å²) in [5.41, 5.74) is 2.78. The normalized spacial score (nSPS) is 14.2. The van der Waals surface area contributed by atoms with Gasteiger partial charge in [0.15, 0.2) is 5.65 Å². The molecular weight excluding hydrogens is 392 g/mol. The van der Waals surface area contributed by atoms with E-state index in [1.54, 1.807) is 34.8 Å². The number of aryl methyl sites for hydroxylation is 1. The van der Waals surface area contributed by atoms with Gasteiger partial charge in [-0.05, 0) is 38.5 Å².